The molecule has 1 rings (SSSR count). The average Bonchev–Trinajstić information content (AvgIpc) is 2.10. The van der Waals surface area contributed by atoms with Crippen molar-refractivity contribution < 1.29 is 13.5 Å². The molecule has 1 aromatic rings. The van der Waals surface area contributed by atoms with Crippen molar-refractivity contribution in [2.45, 2.75) is 20.3 Å². The Hall–Kier alpha value is -0.640. The molecule has 0 fully saturated rings. The molecule has 1 aromatic carbocycles. The Labute approximate surface area is 90.2 Å². The highest BCUT2D eigenvalue weighted by Crippen LogP contribution is 2.38. The van der Waals surface area contributed by atoms with E-state index in [1.165, 1.54) is 7.11 Å². The lowest BCUT2D eigenvalue weighted by molar-refractivity contribution is 0.146. The van der Waals surface area contributed by atoms with E-state index >= 15 is 0 Å². The molecule has 0 unspecified atom stereocenters. The molecule has 78 valence electrons. The van der Waals surface area contributed by atoms with Gasteiger partial charge in [-0.05, 0) is 31.0 Å². The maximum absolute atomic E-state index is 12.7. The monoisotopic (exact) mass is 264 g/mol. The Morgan fingerprint density at radius 1 is 1.36 bits per heavy atom. The van der Waals surface area contributed by atoms with E-state index in [-0.39, 0.29) is 11.3 Å². The minimum Gasteiger partial charge on any atom is -0.496 e. The van der Waals surface area contributed by atoms with Gasteiger partial charge in [0.1, 0.15) is 5.75 Å². The summed E-state index contributed by atoms with van der Waals surface area (Å²) < 4.78 is 31.1. The second-order valence-corrected chi connectivity index (χ2v) is 3.90. The van der Waals surface area contributed by atoms with E-state index in [1.807, 2.05) is 0 Å². The molecule has 0 atom stereocenters. The first kappa shape index (κ1) is 11.4. The second-order valence-electron chi connectivity index (χ2n) is 3.05. The SMILES string of the molecule is COc1c(C)cc(Br)c(C)c1C(F)F. The molecule has 0 spiro atoms. The quantitative estimate of drug-likeness (QED) is 0.784. The normalized spacial score (nSPS) is 10.8. The maximum Gasteiger partial charge on any atom is 0.267 e. The highest BCUT2D eigenvalue weighted by Gasteiger charge is 2.20. The average molecular weight is 265 g/mol. The van der Waals surface area contributed by atoms with Gasteiger partial charge in [0, 0.05) is 4.47 Å². The zero-order valence-electron chi connectivity index (χ0n) is 8.20. The third-order valence-corrected chi connectivity index (χ3v) is 2.95. The van der Waals surface area contributed by atoms with Crippen LogP contribution in [0.4, 0.5) is 8.78 Å². The number of methoxy groups -OCH3 is 1. The summed E-state index contributed by atoms with van der Waals surface area (Å²) in [7, 11) is 1.40. The molecule has 0 bridgehead atoms. The number of hydrogen-bond donors (Lipinski definition) is 0. The molecule has 0 aliphatic rings. The van der Waals surface area contributed by atoms with Crippen LogP contribution in [0.5, 0.6) is 5.75 Å². The second kappa shape index (κ2) is 4.26. The molecule has 1 nitrogen and oxygen atoms in total. The molecular formula is C10H11BrF2O. The molecule has 0 aliphatic heterocycles. The smallest absolute Gasteiger partial charge is 0.267 e. The molecule has 0 N–H and O–H groups in total. The first-order valence-electron chi connectivity index (χ1n) is 4.10. The molecule has 14 heavy (non-hydrogen) atoms. The number of hydrogen-bond acceptors (Lipinski definition) is 1. The summed E-state index contributed by atoms with van der Waals surface area (Å²) in [6, 6.07) is 1.78. The van der Waals surface area contributed by atoms with Crippen molar-refractivity contribution >= 4 is 15.9 Å². The maximum atomic E-state index is 12.7. The van der Waals surface area contributed by atoms with Gasteiger partial charge in [0.15, 0.2) is 0 Å². The van der Waals surface area contributed by atoms with Crippen LogP contribution in [0.15, 0.2) is 10.5 Å². The van der Waals surface area contributed by atoms with Crippen molar-refractivity contribution in [3.8, 4) is 5.75 Å². The van der Waals surface area contributed by atoms with Gasteiger partial charge >= 0.3 is 0 Å². The van der Waals surface area contributed by atoms with Crippen LogP contribution >= 0.6 is 15.9 Å². The van der Waals surface area contributed by atoms with Crippen molar-refractivity contribution in [2.24, 2.45) is 0 Å². The Morgan fingerprint density at radius 3 is 2.36 bits per heavy atom. The first-order chi connectivity index (χ1) is 6.49. The van der Waals surface area contributed by atoms with Crippen LogP contribution in [0.2, 0.25) is 0 Å². The van der Waals surface area contributed by atoms with Crippen LogP contribution in [-0.2, 0) is 0 Å². The van der Waals surface area contributed by atoms with Crippen LogP contribution < -0.4 is 4.74 Å². The standard InChI is InChI=1S/C10H11BrF2O/c1-5-4-7(11)6(2)8(10(12)13)9(5)14-3/h4,10H,1-3H3. The van der Waals surface area contributed by atoms with Crippen molar-refractivity contribution in [1.82, 2.24) is 0 Å². The molecule has 0 aliphatic carbocycles. The van der Waals surface area contributed by atoms with Gasteiger partial charge < -0.3 is 4.74 Å². The molecule has 0 saturated carbocycles. The van der Waals surface area contributed by atoms with Crippen molar-refractivity contribution in [3.63, 3.8) is 0 Å². The van der Waals surface area contributed by atoms with Crippen molar-refractivity contribution in [3.05, 3.63) is 27.2 Å². The third-order valence-electron chi connectivity index (χ3n) is 2.13. The van der Waals surface area contributed by atoms with E-state index in [2.05, 4.69) is 15.9 Å². The summed E-state index contributed by atoms with van der Waals surface area (Å²) in [6.07, 6.45) is -2.51. The number of aryl methyl sites for hydroxylation is 1. The fraction of sp³-hybridized carbons (Fsp3) is 0.400. The van der Waals surface area contributed by atoms with Crippen LogP contribution in [0, 0.1) is 13.8 Å². The molecule has 0 aromatic heterocycles. The Bertz CT molecular complexity index is 350. The summed E-state index contributed by atoms with van der Waals surface area (Å²) in [4.78, 5) is 0. The highest BCUT2D eigenvalue weighted by atomic mass is 79.9. The summed E-state index contributed by atoms with van der Waals surface area (Å²) in [5, 5.41) is 0. The number of ether oxygens (including phenoxy) is 1. The lowest BCUT2D eigenvalue weighted by atomic mass is 10.0. The Kier molecular flexibility index (Phi) is 3.48. The lowest BCUT2D eigenvalue weighted by Gasteiger charge is -2.14. The van der Waals surface area contributed by atoms with Gasteiger partial charge in [-0.3, -0.25) is 0 Å². The minimum atomic E-state index is -2.51. The summed E-state index contributed by atoms with van der Waals surface area (Å²) >= 11 is 3.24. The predicted molar refractivity (Wildman–Crippen MR) is 55.1 cm³/mol. The minimum absolute atomic E-state index is 0.0284. The summed E-state index contributed by atoms with van der Waals surface area (Å²) in [5.74, 6) is 0.278. The zero-order chi connectivity index (χ0) is 10.9. The van der Waals surface area contributed by atoms with Crippen LogP contribution in [-0.4, -0.2) is 7.11 Å². The highest BCUT2D eigenvalue weighted by molar-refractivity contribution is 9.10. The topological polar surface area (TPSA) is 9.23 Å². The largest absolute Gasteiger partial charge is 0.496 e. The number of rotatable bonds is 2. The number of benzene rings is 1. The Morgan fingerprint density at radius 2 is 1.93 bits per heavy atom. The van der Waals surface area contributed by atoms with E-state index in [9.17, 15) is 8.78 Å². The first-order valence-corrected chi connectivity index (χ1v) is 4.90. The van der Waals surface area contributed by atoms with E-state index in [0.717, 1.165) is 0 Å². The van der Waals surface area contributed by atoms with Gasteiger partial charge in [-0.25, -0.2) is 8.78 Å². The predicted octanol–water partition coefficient (Wildman–Crippen LogP) is 4.01. The summed E-state index contributed by atoms with van der Waals surface area (Å²) in [5.41, 5.74) is 1.21. The number of alkyl halides is 2. The lowest BCUT2D eigenvalue weighted by Crippen LogP contribution is -1.99. The van der Waals surface area contributed by atoms with Gasteiger partial charge in [0.05, 0.1) is 12.7 Å². The third kappa shape index (κ3) is 1.90. The summed E-state index contributed by atoms with van der Waals surface area (Å²) in [6.45, 7) is 3.39. The van der Waals surface area contributed by atoms with E-state index < -0.39 is 6.43 Å². The van der Waals surface area contributed by atoms with E-state index in [1.54, 1.807) is 19.9 Å². The van der Waals surface area contributed by atoms with Gasteiger partial charge in [-0.1, -0.05) is 15.9 Å². The van der Waals surface area contributed by atoms with E-state index in [4.69, 9.17) is 4.74 Å². The fourth-order valence-electron chi connectivity index (χ4n) is 1.41. The van der Waals surface area contributed by atoms with Crippen LogP contribution in [0.1, 0.15) is 23.1 Å². The Balaban J connectivity index is 3.48. The van der Waals surface area contributed by atoms with Gasteiger partial charge in [-0.2, -0.15) is 0 Å². The van der Waals surface area contributed by atoms with Crippen LogP contribution in [0.25, 0.3) is 0 Å². The van der Waals surface area contributed by atoms with Gasteiger partial charge in [-0.15, -0.1) is 0 Å². The molecule has 0 radical (unpaired) electrons. The van der Waals surface area contributed by atoms with E-state index in [0.29, 0.717) is 15.6 Å². The molecule has 4 heteroatoms. The van der Waals surface area contributed by atoms with Gasteiger partial charge in [0.25, 0.3) is 6.43 Å². The molecule has 0 amide bonds. The van der Waals surface area contributed by atoms with Crippen molar-refractivity contribution in [2.75, 3.05) is 7.11 Å². The van der Waals surface area contributed by atoms with Crippen LogP contribution in [0.3, 0.4) is 0 Å². The van der Waals surface area contributed by atoms with Gasteiger partial charge in [0.2, 0.25) is 0 Å². The van der Waals surface area contributed by atoms with Crippen molar-refractivity contribution in [1.29, 1.82) is 0 Å². The zero-order valence-corrected chi connectivity index (χ0v) is 9.78. The fourth-order valence-corrected chi connectivity index (χ4v) is 1.97. The molecular weight excluding hydrogens is 254 g/mol. The molecule has 0 saturated heterocycles. The molecule has 0 heterocycles. The number of halogens is 3.